The number of hydrogen-bond donors (Lipinski definition) is 0. The third-order valence-corrected chi connectivity index (χ3v) is 4.26. The summed E-state index contributed by atoms with van der Waals surface area (Å²) in [5.41, 5.74) is 0.754. The summed E-state index contributed by atoms with van der Waals surface area (Å²) in [4.78, 5) is 12.4. The van der Waals surface area contributed by atoms with Crippen molar-refractivity contribution in [1.29, 1.82) is 0 Å². The fourth-order valence-corrected chi connectivity index (χ4v) is 2.82. The molecule has 0 aliphatic rings. The molecule has 0 fully saturated rings. The lowest BCUT2D eigenvalue weighted by Crippen LogP contribution is -2.28. The van der Waals surface area contributed by atoms with E-state index in [0.717, 1.165) is 23.5 Å². The number of unbranched alkanes of at least 4 members (excludes halogenated alkanes) is 1. The van der Waals surface area contributed by atoms with Crippen LogP contribution in [0.2, 0.25) is 0 Å². The van der Waals surface area contributed by atoms with Crippen LogP contribution in [0, 0.1) is 0 Å². The van der Waals surface area contributed by atoms with Gasteiger partial charge in [-0.25, -0.2) is 0 Å². The van der Waals surface area contributed by atoms with Crippen molar-refractivity contribution in [2.75, 3.05) is 12.9 Å². The Kier molecular flexibility index (Phi) is 5.73. The van der Waals surface area contributed by atoms with Gasteiger partial charge in [0, 0.05) is 5.56 Å². The van der Waals surface area contributed by atoms with Crippen molar-refractivity contribution in [1.82, 2.24) is 0 Å². The summed E-state index contributed by atoms with van der Waals surface area (Å²) >= 11 is 1.74. The van der Waals surface area contributed by atoms with Crippen molar-refractivity contribution in [2.24, 2.45) is 0 Å². The van der Waals surface area contributed by atoms with Gasteiger partial charge in [-0.05, 0) is 50.3 Å². The van der Waals surface area contributed by atoms with Gasteiger partial charge in [0.15, 0.2) is 5.78 Å². The largest absolute Gasteiger partial charge is 0.497 e. The van der Waals surface area contributed by atoms with E-state index in [-0.39, 0.29) is 10.5 Å². The molecule has 0 amide bonds. The number of ketones is 1. The van der Waals surface area contributed by atoms with E-state index in [2.05, 4.69) is 6.92 Å². The Bertz CT molecular complexity index is 382. The van der Waals surface area contributed by atoms with Crippen molar-refractivity contribution in [3.63, 3.8) is 0 Å². The third-order valence-electron chi connectivity index (χ3n) is 2.86. The van der Waals surface area contributed by atoms with Crippen LogP contribution in [-0.4, -0.2) is 23.4 Å². The van der Waals surface area contributed by atoms with Gasteiger partial charge in [-0.15, -0.1) is 11.8 Å². The Morgan fingerprint density at radius 3 is 2.39 bits per heavy atom. The van der Waals surface area contributed by atoms with Crippen LogP contribution < -0.4 is 4.74 Å². The van der Waals surface area contributed by atoms with Crippen LogP contribution >= 0.6 is 11.8 Å². The molecule has 0 aliphatic heterocycles. The molecule has 100 valence electrons. The Morgan fingerprint density at radius 1 is 1.28 bits per heavy atom. The highest BCUT2D eigenvalue weighted by molar-refractivity contribution is 8.01. The van der Waals surface area contributed by atoms with E-state index in [0.29, 0.717) is 0 Å². The zero-order valence-corrected chi connectivity index (χ0v) is 12.5. The summed E-state index contributed by atoms with van der Waals surface area (Å²) in [5, 5.41) is 0. The van der Waals surface area contributed by atoms with Crippen molar-refractivity contribution in [2.45, 2.75) is 38.4 Å². The first-order valence-corrected chi connectivity index (χ1v) is 7.32. The lowest BCUT2D eigenvalue weighted by molar-refractivity contribution is 0.0958. The minimum atomic E-state index is -0.357. The molecule has 0 spiro atoms. The van der Waals surface area contributed by atoms with E-state index in [4.69, 9.17) is 4.74 Å². The lowest BCUT2D eigenvalue weighted by atomic mass is 10.0. The van der Waals surface area contributed by atoms with E-state index in [1.54, 1.807) is 18.9 Å². The maximum Gasteiger partial charge on any atom is 0.178 e. The molecular weight excluding hydrogens is 244 g/mol. The second kappa shape index (κ2) is 6.83. The average Bonchev–Trinajstić information content (AvgIpc) is 2.38. The number of rotatable bonds is 7. The van der Waals surface area contributed by atoms with Gasteiger partial charge in [-0.3, -0.25) is 4.79 Å². The topological polar surface area (TPSA) is 26.3 Å². The standard InChI is InChI=1S/C15H22O2S/c1-5-6-11-18-15(2,3)14(16)12-7-9-13(17-4)10-8-12/h7-10H,5-6,11H2,1-4H3. The quantitative estimate of drug-likeness (QED) is 0.547. The molecule has 0 aromatic heterocycles. The number of carbonyl (C=O) groups excluding carboxylic acids is 1. The van der Waals surface area contributed by atoms with E-state index in [1.807, 2.05) is 38.1 Å². The molecule has 0 N–H and O–H groups in total. The van der Waals surface area contributed by atoms with Gasteiger partial charge >= 0.3 is 0 Å². The number of hydrogen-bond acceptors (Lipinski definition) is 3. The SMILES string of the molecule is CCCCSC(C)(C)C(=O)c1ccc(OC)cc1. The van der Waals surface area contributed by atoms with Crippen LogP contribution in [0.3, 0.4) is 0 Å². The predicted octanol–water partition coefficient (Wildman–Crippen LogP) is 4.19. The Balaban J connectivity index is 2.71. The molecule has 18 heavy (non-hydrogen) atoms. The van der Waals surface area contributed by atoms with E-state index >= 15 is 0 Å². The molecule has 0 saturated heterocycles. The van der Waals surface area contributed by atoms with Crippen LogP contribution in [0.15, 0.2) is 24.3 Å². The number of benzene rings is 1. The second-order valence-electron chi connectivity index (χ2n) is 4.77. The summed E-state index contributed by atoms with van der Waals surface area (Å²) in [5.74, 6) is 2.00. The van der Waals surface area contributed by atoms with Crippen LogP contribution in [-0.2, 0) is 0 Å². The van der Waals surface area contributed by atoms with Crippen LogP contribution in [0.4, 0.5) is 0 Å². The van der Waals surface area contributed by atoms with Gasteiger partial charge in [0.25, 0.3) is 0 Å². The molecule has 0 radical (unpaired) electrons. The number of ether oxygens (including phenoxy) is 1. The molecule has 0 saturated carbocycles. The van der Waals surface area contributed by atoms with E-state index in [9.17, 15) is 4.79 Å². The summed E-state index contributed by atoms with van der Waals surface area (Å²) in [6.45, 7) is 6.17. The zero-order valence-electron chi connectivity index (χ0n) is 11.7. The molecule has 0 aliphatic carbocycles. The monoisotopic (exact) mass is 266 g/mol. The molecule has 0 atom stereocenters. The third kappa shape index (κ3) is 4.05. The number of methoxy groups -OCH3 is 1. The van der Waals surface area contributed by atoms with Gasteiger partial charge in [-0.1, -0.05) is 13.3 Å². The fourth-order valence-electron chi connectivity index (χ4n) is 1.63. The second-order valence-corrected chi connectivity index (χ2v) is 6.49. The molecule has 0 bridgehead atoms. The Hall–Kier alpha value is -0.960. The maximum atomic E-state index is 12.4. The van der Waals surface area contributed by atoms with Gasteiger partial charge < -0.3 is 4.74 Å². The van der Waals surface area contributed by atoms with Crippen LogP contribution in [0.1, 0.15) is 44.0 Å². The van der Waals surface area contributed by atoms with Gasteiger partial charge in [-0.2, -0.15) is 0 Å². The van der Waals surface area contributed by atoms with Crippen molar-refractivity contribution in [3.05, 3.63) is 29.8 Å². The highest BCUT2D eigenvalue weighted by atomic mass is 32.2. The Labute approximate surface area is 114 Å². The molecule has 0 unspecified atom stereocenters. The molecule has 0 heterocycles. The maximum absolute atomic E-state index is 12.4. The highest BCUT2D eigenvalue weighted by Crippen LogP contribution is 2.30. The van der Waals surface area contributed by atoms with E-state index < -0.39 is 0 Å². The summed E-state index contributed by atoms with van der Waals surface area (Å²) in [7, 11) is 1.63. The fraction of sp³-hybridized carbons (Fsp3) is 0.533. The van der Waals surface area contributed by atoms with Crippen molar-refractivity contribution >= 4 is 17.5 Å². The molecule has 2 nitrogen and oxygen atoms in total. The van der Waals surface area contributed by atoms with Gasteiger partial charge in [0.2, 0.25) is 0 Å². The zero-order chi connectivity index (χ0) is 13.6. The van der Waals surface area contributed by atoms with Crippen molar-refractivity contribution < 1.29 is 9.53 Å². The van der Waals surface area contributed by atoms with Gasteiger partial charge in [0.1, 0.15) is 5.75 Å². The van der Waals surface area contributed by atoms with Crippen LogP contribution in [0.25, 0.3) is 0 Å². The van der Waals surface area contributed by atoms with E-state index in [1.165, 1.54) is 6.42 Å². The molecule has 1 aromatic rings. The molecule has 3 heteroatoms. The first-order chi connectivity index (χ1) is 8.51. The smallest absolute Gasteiger partial charge is 0.178 e. The number of Topliss-reactive ketones (excluding diaryl/α,β-unsaturated/α-hetero) is 1. The average molecular weight is 266 g/mol. The number of thioether (sulfide) groups is 1. The Morgan fingerprint density at radius 2 is 1.89 bits per heavy atom. The summed E-state index contributed by atoms with van der Waals surface area (Å²) in [6.07, 6.45) is 2.32. The number of carbonyl (C=O) groups is 1. The van der Waals surface area contributed by atoms with Crippen molar-refractivity contribution in [3.8, 4) is 5.75 Å². The molecule has 1 rings (SSSR count). The van der Waals surface area contributed by atoms with Gasteiger partial charge in [0.05, 0.1) is 11.9 Å². The lowest BCUT2D eigenvalue weighted by Gasteiger charge is -2.22. The molecule has 1 aromatic carbocycles. The minimum absolute atomic E-state index is 0.186. The first-order valence-electron chi connectivity index (χ1n) is 6.34. The normalized spacial score (nSPS) is 11.3. The highest BCUT2D eigenvalue weighted by Gasteiger charge is 2.28. The summed E-state index contributed by atoms with van der Waals surface area (Å²) in [6, 6.07) is 7.34. The molecular formula is C15H22O2S. The first kappa shape index (κ1) is 15.1. The predicted molar refractivity (Wildman–Crippen MR) is 78.8 cm³/mol. The minimum Gasteiger partial charge on any atom is -0.497 e. The summed E-state index contributed by atoms with van der Waals surface area (Å²) < 4.78 is 4.74. The van der Waals surface area contributed by atoms with Crippen LogP contribution in [0.5, 0.6) is 5.75 Å².